The molecule has 2 aliphatic carbocycles. The summed E-state index contributed by atoms with van der Waals surface area (Å²) in [6, 6.07) is 34.7. The standard InChI is InChI=1S/C34H25Br/c35-25-12-16-28-27-14-11-24(19-30(27)34(31(28)20-25)17-2-1-3-18-34)26-13-9-23-8-7-21-5-4-6-22-10-15-29(26)33(23)32(21)22/h4-16,19-20H,1-3,17-18H2. The van der Waals surface area contributed by atoms with Crippen molar-refractivity contribution in [1.29, 1.82) is 0 Å². The summed E-state index contributed by atoms with van der Waals surface area (Å²) in [5.41, 5.74) is 8.82. The number of halogens is 1. The summed E-state index contributed by atoms with van der Waals surface area (Å²) in [6.07, 6.45) is 6.49. The summed E-state index contributed by atoms with van der Waals surface area (Å²) < 4.78 is 1.20. The Labute approximate surface area is 214 Å². The molecule has 6 aromatic rings. The second kappa shape index (κ2) is 7.18. The van der Waals surface area contributed by atoms with E-state index in [1.54, 1.807) is 5.56 Å². The van der Waals surface area contributed by atoms with Gasteiger partial charge in [-0.05, 0) is 96.7 Å². The van der Waals surface area contributed by atoms with Crippen molar-refractivity contribution in [1.82, 2.24) is 0 Å². The molecule has 1 spiro atoms. The van der Waals surface area contributed by atoms with Gasteiger partial charge >= 0.3 is 0 Å². The van der Waals surface area contributed by atoms with Gasteiger partial charge < -0.3 is 0 Å². The molecule has 8 rings (SSSR count). The Morgan fingerprint density at radius 1 is 0.543 bits per heavy atom. The molecule has 0 radical (unpaired) electrons. The van der Waals surface area contributed by atoms with Crippen LogP contribution in [0.4, 0.5) is 0 Å². The van der Waals surface area contributed by atoms with Gasteiger partial charge in [0.15, 0.2) is 0 Å². The number of hydrogen-bond donors (Lipinski definition) is 0. The highest BCUT2D eigenvalue weighted by Crippen LogP contribution is 2.57. The summed E-state index contributed by atoms with van der Waals surface area (Å²) >= 11 is 3.77. The molecule has 0 heterocycles. The predicted molar refractivity (Wildman–Crippen MR) is 153 cm³/mol. The van der Waals surface area contributed by atoms with E-state index in [1.807, 2.05) is 0 Å². The van der Waals surface area contributed by atoms with Crippen molar-refractivity contribution in [3.05, 3.63) is 107 Å². The van der Waals surface area contributed by atoms with Crippen LogP contribution >= 0.6 is 15.9 Å². The topological polar surface area (TPSA) is 0 Å². The maximum absolute atomic E-state index is 3.77. The molecule has 35 heavy (non-hydrogen) atoms. The minimum atomic E-state index is 0.159. The van der Waals surface area contributed by atoms with Gasteiger partial charge in [-0.25, -0.2) is 0 Å². The quantitative estimate of drug-likeness (QED) is 0.192. The van der Waals surface area contributed by atoms with Crippen molar-refractivity contribution < 1.29 is 0 Å². The first-order valence-corrected chi connectivity index (χ1v) is 13.6. The third-order valence-electron chi connectivity index (χ3n) is 8.87. The Kier molecular flexibility index (Phi) is 4.12. The number of benzene rings is 6. The van der Waals surface area contributed by atoms with Crippen LogP contribution in [0, 0.1) is 0 Å². The summed E-state index contributed by atoms with van der Waals surface area (Å²) in [4.78, 5) is 0. The van der Waals surface area contributed by atoms with Crippen molar-refractivity contribution in [2.24, 2.45) is 0 Å². The first kappa shape index (κ1) is 20.1. The predicted octanol–water partition coefficient (Wildman–Crippen LogP) is 10.2. The molecule has 1 saturated carbocycles. The van der Waals surface area contributed by atoms with Gasteiger partial charge in [-0.2, -0.15) is 0 Å². The average molecular weight is 513 g/mol. The van der Waals surface area contributed by atoms with Gasteiger partial charge in [-0.15, -0.1) is 0 Å². The molecule has 6 aromatic carbocycles. The van der Waals surface area contributed by atoms with Crippen molar-refractivity contribution in [2.75, 3.05) is 0 Å². The van der Waals surface area contributed by atoms with E-state index in [9.17, 15) is 0 Å². The Hall–Kier alpha value is -3.16. The molecule has 0 aromatic heterocycles. The maximum atomic E-state index is 3.77. The molecular weight excluding hydrogens is 488 g/mol. The van der Waals surface area contributed by atoms with Crippen molar-refractivity contribution in [3.63, 3.8) is 0 Å². The molecule has 2 aliphatic rings. The van der Waals surface area contributed by atoms with Crippen LogP contribution in [0.2, 0.25) is 0 Å². The molecule has 0 saturated heterocycles. The lowest BCUT2D eigenvalue weighted by Gasteiger charge is -2.36. The smallest absolute Gasteiger partial charge is 0.0215 e. The van der Waals surface area contributed by atoms with Gasteiger partial charge in [0.2, 0.25) is 0 Å². The highest BCUT2D eigenvalue weighted by molar-refractivity contribution is 9.10. The minimum Gasteiger partial charge on any atom is -0.0610 e. The Bertz CT molecular complexity index is 1770. The van der Waals surface area contributed by atoms with Crippen LogP contribution in [-0.2, 0) is 5.41 Å². The summed E-state index contributed by atoms with van der Waals surface area (Å²) in [7, 11) is 0. The van der Waals surface area contributed by atoms with E-state index < -0.39 is 0 Å². The summed E-state index contributed by atoms with van der Waals surface area (Å²) in [5.74, 6) is 0. The lowest BCUT2D eigenvalue weighted by atomic mass is 9.67. The van der Waals surface area contributed by atoms with Crippen LogP contribution in [0.15, 0.2) is 95.5 Å². The molecule has 0 amide bonds. The lowest BCUT2D eigenvalue weighted by molar-refractivity contribution is 0.353. The fraction of sp³-hybridized carbons (Fsp3) is 0.176. The van der Waals surface area contributed by atoms with Gasteiger partial charge in [0.1, 0.15) is 0 Å². The van der Waals surface area contributed by atoms with Crippen LogP contribution in [0.5, 0.6) is 0 Å². The SMILES string of the molecule is Brc1ccc2c(c1)C1(CCCCC1)c1cc(-c3ccc4ccc5cccc6ccc3c4c56)ccc1-2. The second-order valence-electron chi connectivity index (χ2n) is 10.6. The number of rotatable bonds is 1. The van der Waals surface area contributed by atoms with E-state index in [4.69, 9.17) is 0 Å². The number of fused-ring (bicyclic) bond motifs is 5. The molecule has 1 heteroatoms. The van der Waals surface area contributed by atoms with Crippen LogP contribution in [0.25, 0.3) is 54.6 Å². The monoisotopic (exact) mass is 512 g/mol. The maximum Gasteiger partial charge on any atom is 0.0215 e. The van der Waals surface area contributed by atoms with Gasteiger partial charge in [0, 0.05) is 9.89 Å². The van der Waals surface area contributed by atoms with Gasteiger partial charge in [-0.3, -0.25) is 0 Å². The molecule has 0 atom stereocenters. The van der Waals surface area contributed by atoms with Crippen LogP contribution < -0.4 is 0 Å². The third-order valence-corrected chi connectivity index (χ3v) is 9.36. The first-order valence-electron chi connectivity index (χ1n) is 12.8. The fourth-order valence-corrected chi connectivity index (χ4v) is 7.68. The van der Waals surface area contributed by atoms with Crippen molar-refractivity contribution in [2.45, 2.75) is 37.5 Å². The summed E-state index contributed by atoms with van der Waals surface area (Å²) in [5, 5.41) is 8.14. The largest absolute Gasteiger partial charge is 0.0610 e. The summed E-state index contributed by atoms with van der Waals surface area (Å²) in [6.45, 7) is 0. The molecule has 168 valence electrons. The van der Waals surface area contributed by atoms with Gasteiger partial charge in [0.05, 0.1) is 0 Å². The fourth-order valence-electron chi connectivity index (χ4n) is 7.32. The van der Waals surface area contributed by atoms with E-state index in [0.29, 0.717) is 0 Å². The van der Waals surface area contributed by atoms with E-state index >= 15 is 0 Å². The molecule has 0 N–H and O–H groups in total. The molecule has 0 unspecified atom stereocenters. The van der Waals surface area contributed by atoms with E-state index in [2.05, 4.69) is 107 Å². The van der Waals surface area contributed by atoms with E-state index in [-0.39, 0.29) is 5.41 Å². The highest BCUT2D eigenvalue weighted by atomic mass is 79.9. The molecule has 0 nitrogen and oxygen atoms in total. The minimum absolute atomic E-state index is 0.159. The molecule has 1 fully saturated rings. The van der Waals surface area contributed by atoms with Crippen LogP contribution in [0.1, 0.15) is 43.2 Å². The molecule has 0 aliphatic heterocycles. The normalized spacial score (nSPS) is 16.4. The zero-order valence-electron chi connectivity index (χ0n) is 19.6. The van der Waals surface area contributed by atoms with Crippen LogP contribution in [-0.4, -0.2) is 0 Å². The third kappa shape index (κ3) is 2.68. The first-order chi connectivity index (χ1) is 17.2. The van der Waals surface area contributed by atoms with Crippen LogP contribution in [0.3, 0.4) is 0 Å². The van der Waals surface area contributed by atoms with E-state index in [1.165, 1.54) is 96.7 Å². The Morgan fingerprint density at radius 3 is 1.97 bits per heavy atom. The Balaban J connectivity index is 1.40. The zero-order valence-corrected chi connectivity index (χ0v) is 21.2. The van der Waals surface area contributed by atoms with E-state index in [0.717, 1.165) is 0 Å². The van der Waals surface area contributed by atoms with Crippen molar-refractivity contribution in [3.8, 4) is 22.3 Å². The highest BCUT2D eigenvalue weighted by Gasteiger charge is 2.43. The molecular formula is C34H25Br. The molecule has 0 bridgehead atoms. The second-order valence-corrected chi connectivity index (χ2v) is 11.5. The zero-order chi connectivity index (χ0) is 23.1. The van der Waals surface area contributed by atoms with Gasteiger partial charge in [-0.1, -0.05) is 108 Å². The van der Waals surface area contributed by atoms with Gasteiger partial charge in [0.25, 0.3) is 0 Å². The Morgan fingerprint density at radius 2 is 1.17 bits per heavy atom. The van der Waals surface area contributed by atoms with Crippen molar-refractivity contribution >= 4 is 48.2 Å². The lowest BCUT2D eigenvalue weighted by Crippen LogP contribution is -2.28. The number of hydrogen-bond acceptors (Lipinski definition) is 0. The average Bonchev–Trinajstić information content (AvgIpc) is 3.15.